The van der Waals surface area contributed by atoms with E-state index in [-0.39, 0.29) is 11.4 Å². The zero-order chi connectivity index (χ0) is 14.4. The molecule has 3 aromatic rings. The fourth-order valence-electron chi connectivity index (χ4n) is 3.44. The summed E-state index contributed by atoms with van der Waals surface area (Å²) in [7, 11) is 0. The van der Waals surface area contributed by atoms with Crippen LogP contribution in [-0.2, 0) is 18.4 Å². The fourth-order valence-corrected chi connectivity index (χ4v) is 4.40. The van der Waals surface area contributed by atoms with E-state index < -0.39 is 0 Å². The van der Waals surface area contributed by atoms with Gasteiger partial charge in [-0.25, -0.2) is 4.39 Å². The lowest BCUT2D eigenvalue weighted by molar-refractivity contribution is 0.440. The zero-order valence-electron chi connectivity index (χ0n) is 11.6. The van der Waals surface area contributed by atoms with Crippen molar-refractivity contribution in [1.29, 1.82) is 0 Å². The quantitative estimate of drug-likeness (QED) is 0.746. The highest BCUT2D eigenvalue weighted by Crippen LogP contribution is 2.39. The molecule has 0 saturated carbocycles. The third-order valence-corrected chi connectivity index (χ3v) is 5.52. The van der Waals surface area contributed by atoms with Gasteiger partial charge in [0.25, 0.3) is 0 Å². The predicted molar refractivity (Wildman–Crippen MR) is 86.1 cm³/mol. The molecule has 2 N–H and O–H groups in total. The Kier molecular flexibility index (Phi) is 2.88. The second kappa shape index (κ2) is 4.65. The second-order valence-corrected chi connectivity index (χ2v) is 6.80. The van der Waals surface area contributed by atoms with Crippen LogP contribution in [0.2, 0.25) is 0 Å². The number of aryl methyl sites for hydroxylation is 1. The van der Waals surface area contributed by atoms with Crippen LogP contribution in [-0.4, -0.2) is 0 Å². The molecule has 0 fully saturated rings. The van der Waals surface area contributed by atoms with E-state index in [1.807, 2.05) is 6.07 Å². The molecule has 0 bridgehead atoms. The summed E-state index contributed by atoms with van der Waals surface area (Å²) < 4.78 is 14.7. The molecule has 106 valence electrons. The Morgan fingerprint density at radius 1 is 1.19 bits per heavy atom. The topological polar surface area (TPSA) is 26.0 Å². The Morgan fingerprint density at radius 3 is 2.95 bits per heavy atom. The molecule has 1 heterocycles. The summed E-state index contributed by atoms with van der Waals surface area (Å²) >= 11 is 1.76. The van der Waals surface area contributed by atoms with Gasteiger partial charge < -0.3 is 5.73 Å². The molecule has 0 aliphatic heterocycles. The minimum Gasteiger partial charge on any atom is -0.321 e. The zero-order valence-corrected chi connectivity index (χ0v) is 12.4. The molecular formula is C18H16FNS. The lowest BCUT2D eigenvalue weighted by atomic mass is 9.86. The molecule has 0 amide bonds. The van der Waals surface area contributed by atoms with Crippen molar-refractivity contribution in [3.05, 3.63) is 70.4 Å². The average molecular weight is 297 g/mol. The number of nitrogens with two attached hydrogens (primary N) is 1. The molecule has 3 heteroatoms. The minimum absolute atomic E-state index is 0.168. The Hall–Kier alpha value is -1.71. The maximum absolute atomic E-state index is 13.4. The molecule has 21 heavy (non-hydrogen) atoms. The molecule has 2 aromatic carbocycles. The predicted octanol–water partition coefficient (Wildman–Crippen LogP) is 4.38. The van der Waals surface area contributed by atoms with Crippen LogP contribution in [0.3, 0.4) is 0 Å². The van der Waals surface area contributed by atoms with Crippen molar-refractivity contribution in [2.75, 3.05) is 0 Å². The van der Waals surface area contributed by atoms with Crippen LogP contribution in [0.4, 0.5) is 4.39 Å². The average Bonchev–Trinajstić information content (AvgIpc) is 3.02. The molecule has 0 radical (unpaired) electrons. The van der Waals surface area contributed by atoms with Crippen LogP contribution in [0.15, 0.2) is 47.8 Å². The summed E-state index contributed by atoms with van der Waals surface area (Å²) in [6.45, 7) is 0. The molecule has 1 aliphatic rings. The third-order valence-electron chi connectivity index (χ3n) is 4.51. The van der Waals surface area contributed by atoms with Crippen LogP contribution in [0, 0.1) is 5.82 Å². The summed E-state index contributed by atoms with van der Waals surface area (Å²) in [5.41, 5.74) is 9.80. The van der Waals surface area contributed by atoms with Crippen LogP contribution in [0.5, 0.6) is 0 Å². The molecule has 1 unspecified atom stereocenters. The molecule has 0 saturated heterocycles. The van der Waals surface area contributed by atoms with E-state index in [2.05, 4.69) is 29.6 Å². The van der Waals surface area contributed by atoms with E-state index in [1.165, 1.54) is 21.7 Å². The van der Waals surface area contributed by atoms with E-state index >= 15 is 0 Å². The highest BCUT2D eigenvalue weighted by Gasteiger charge is 2.35. The lowest BCUT2D eigenvalue weighted by Crippen LogP contribution is -2.36. The van der Waals surface area contributed by atoms with Crippen LogP contribution in [0.1, 0.15) is 23.1 Å². The van der Waals surface area contributed by atoms with Gasteiger partial charge >= 0.3 is 0 Å². The molecular weight excluding hydrogens is 281 g/mol. The number of rotatable bonds is 2. The number of hydrogen-bond acceptors (Lipinski definition) is 2. The van der Waals surface area contributed by atoms with Gasteiger partial charge in [0.2, 0.25) is 0 Å². The Bertz CT molecular complexity index is 823. The molecule has 4 rings (SSSR count). The van der Waals surface area contributed by atoms with Crippen molar-refractivity contribution in [2.45, 2.75) is 24.8 Å². The highest BCUT2D eigenvalue weighted by molar-refractivity contribution is 7.17. The van der Waals surface area contributed by atoms with Crippen molar-refractivity contribution in [2.24, 2.45) is 5.73 Å². The van der Waals surface area contributed by atoms with Gasteiger partial charge in [-0.05, 0) is 64.9 Å². The number of benzene rings is 2. The first-order chi connectivity index (χ1) is 10.2. The Morgan fingerprint density at radius 2 is 2.05 bits per heavy atom. The Balaban J connectivity index is 1.75. The second-order valence-electron chi connectivity index (χ2n) is 5.89. The van der Waals surface area contributed by atoms with Crippen LogP contribution < -0.4 is 5.73 Å². The summed E-state index contributed by atoms with van der Waals surface area (Å²) in [5.74, 6) is -0.168. The fraction of sp³-hybridized carbons (Fsp3) is 0.222. The SMILES string of the molecule is NC1(Cc2csc3ccccc23)CCc2cc(F)ccc21. The van der Waals surface area contributed by atoms with Gasteiger partial charge in [0.15, 0.2) is 0 Å². The van der Waals surface area contributed by atoms with Crippen molar-refractivity contribution in [3.8, 4) is 0 Å². The number of hydrogen-bond donors (Lipinski definition) is 1. The summed E-state index contributed by atoms with van der Waals surface area (Å²) in [6.07, 6.45) is 2.57. The molecule has 1 atom stereocenters. The van der Waals surface area contributed by atoms with Crippen LogP contribution in [0.25, 0.3) is 10.1 Å². The molecule has 0 spiro atoms. The van der Waals surface area contributed by atoms with Crippen molar-refractivity contribution in [1.82, 2.24) is 0 Å². The number of fused-ring (bicyclic) bond motifs is 2. The van der Waals surface area contributed by atoms with Gasteiger partial charge in [0.05, 0.1) is 0 Å². The smallest absolute Gasteiger partial charge is 0.123 e. The standard InChI is InChI=1S/C18H16FNS/c19-14-5-6-16-12(9-14)7-8-18(16,20)10-13-11-21-17-4-2-1-3-15(13)17/h1-6,9,11H,7-8,10,20H2. The first-order valence-electron chi connectivity index (χ1n) is 7.19. The van der Waals surface area contributed by atoms with E-state index in [9.17, 15) is 4.39 Å². The van der Waals surface area contributed by atoms with Crippen molar-refractivity contribution in [3.63, 3.8) is 0 Å². The Labute approximate surface area is 127 Å². The largest absolute Gasteiger partial charge is 0.321 e. The van der Waals surface area contributed by atoms with E-state index in [0.29, 0.717) is 0 Å². The monoisotopic (exact) mass is 297 g/mol. The van der Waals surface area contributed by atoms with E-state index in [1.54, 1.807) is 17.4 Å². The normalized spacial score (nSPS) is 20.9. The third kappa shape index (κ3) is 2.08. The maximum atomic E-state index is 13.4. The maximum Gasteiger partial charge on any atom is 0.123 e. The van der Waals surface area contributed by atoms with Crippen molar-refractivity contribution >= 4 is 21.4 Å². The molecule has 1 nitrogen and oxygen atoms in total. The summed E-state index contributed by atoms with van der Waals surface area (Å²) in [4.78, 5) is 0. The van der Waals surface area contributed by atoms with Gasteiger partial charge in [-0.3, -0.25) is 0 Å². The van der Waals surface area contributed by atoms with E-state index in [0.717, 1.165) is 30.4 Å². The number of thiophene rings is 1. The van der Waals surface area contributed by atoms with Gasteiger partial charge in [0, 0.05) is 10.2 Å². The molecule has 1 aliphatic carbocycles. The van der Waals surface area contributed by atoms with E-state index in [4.69, 9.17) is 5.73 Å². The lowest BCUT2D eigenvalue weighted by Gasteiger charge is -2.25. The summed E-state index contributed by atoms with van der Waals surface area (Å²) in [5, 5.41) is 3.50. The van der Waals surface area contributed by atoms with Gasteiger partial charge in [-0.2, -0.15) is 0 Å². The van der Waals surface area contributed by atoms with Gasteiger partial charge in [-0.15, -0.1) is 11.3 Å². The minimum atomic E-state index is -0.368. The van der Waals surface area contributed by atoms with Crippen molar-refractivity contribution < 1.29 is 4.39 Å². The van der Waals surface area contributed by atoms with Crippen LogP contribution >= 0.6 is 11.3 Å². The molecule has 1 aromatic heterocycles. The highest BCUT2D eigenvalue weighted by atomic mass is 32.1. The number of halogens is 1. The summed E-state index contributed by atoms with van der Waals surface area (Å²) in [6, 6.07) is 13.5. The van der Waals surface area contributed by atoms with Gasteiger partial charge in [-0.1, -0.05) is 24.3 Å². The first-order valence-corrected chi connectivity index (χ1v) is 8.07. The first kappa shape index (κ1) is 13.0. The van der Waals surface area contributed by atoms with Gasteiger partial charge in [0.1, 0.15) is 5.82 Å².